The lowest BCUT2D eigenvalue weighted by Gasteiger charge is -2.27. The maximum Gasteiger partial charge on any atom is 0.166 e. The lowest BCUT2D eigenvalue weighted by atomic mass is 9.94. The van der Waals surface area contributed by atoms with E-state index in [1.165, 1.54) is 0 Å². The molecule has 23 heavy (non-hydrogen) atoms. The molecule has 0 saturated heterocycles. The summed E-state index contributed by atoms with van der Waals surface area (Å²) in [5, 5.41) is 7.29. The van der Waals surface area contributed by atoms with Crippen LogP contribution in [0.4, 0.5) is 0 Å². The van der Waals surface area contributed by atoms with E-state index in [4.69, 9.17) is 18.0 Å². The second-order valence-electron chi connectivity index (χ2n) is 5.58. The topological polar surface area (TPSA) is 50.1 Å². The summed E-state index contributed by atoms with van der Waals surface area (Å²) in [5.41, 5.74) is 8.74. The average molecular weight is 327 g/mol. The van der Waals surface area contributed by atoms with Gasteiger partial charge in [-0.1, -0.05) is 74.0 Å². The normalized spacial score (nSPS) is 13.1. The van der Waals surface area contributed by atoms with Gasteiger partial charge in [-0.3, -0.25) is 0 Å². The maximum absolute atomic E-state index is 6.52. The third-order valence-electron chi connectivity index (χ3n) is 3.80. The molecule has 122 valence electrons. The molecule has 0 amide bonds. The summed E-state index contributed by atoms with van der Waals surface area (Å²) in [6.45, 7) is 3.04. The van der Waals surface area contributed by atoms with Gasteiger partial charge >= 0.3 is 0 Å². The number of benzene rings is 2. The Morgan fingerprint density at radius 2 is 1.57 bits per heavy atom. The van der Waals surface area contributed by atoms with E-state index in [0.717, 1.165) is 30.5 Å². The molecule has 0 bridgehead atoms. The van der Waals surface area contributed by atoms with Gasteiger partial charge < -0.3 is 16.4 Å². The smallest absolute Gasteiger partial charge is 0.166 e. The van der Waals surface area contributed by atoms with Gasteiger partial charge in [-0.2, -0.15) is 0 Å². The number of nitrogens with one attached hydrogen (secondary N) is 2. The Balaban J connectivity index is 2.14. The first-order valence-corrected chi connectivity index (χ1v) is 8.53. The van der Waals surface area contributed by atoms with E-state index in [9.17, 15) is 0 Å². The van der Waals surface area contributed by atoms with Gasteiger partial charge in [-0.25, -0.2) is 0 Å². The van der Waals surface area contributed by atoms with Crippen molar-refractivity contribution in [1.82, 2.24) is 10.6 Å². The van der Waals surface area contributed by atoms with Crippen LogP contribution in [0.15, 0.2) is 60.7 Å². The summed E-state index contributed by atoms with van der Waals surface area (Å²) in [6, 6.07) is 20.1. The van der Waals surface area contributed by atoms with Crippen molar-refractivity contribution in [2.24, 2.45) is 5.73 Å². The van der Waals surface area contributed by atoms with Gasteiger partial charge in [0.05, 0.1) is 12.1 Å². The highest BCUT2D eigenvalue weighted by molar-refractivity contribution is 7.80. The van der Waals surface area contributed by atoms with Crippen molar-refractivity contribution >= 4 is 17.3 Å². The molecule has 0 unspecified atom stereocenters. The van der Waals surface area contributed by atoms with Gasteiger partial charge in [-0.15, -0.1) is 0 Å². The predicted molar refractivity (Wildman–Crippen MR) is 101 cm³/mol. The SMILES string of the molecule is CCCCNC(=S)N[C@H](c1ccccc1)[C@H](N)c1ccccc1. The van der Waals surface area contributed by atoms with Crippen LogP contribution in [0.2, 0.25) is 0 Å². The second-order valence-corrected chi connectivity index (χ2v) is 5.99. The Morgan fingerprint density at radius 1 is 1.00 bits per heavy atom. The van der Waals surface area contributed by atoms with Gasteiger partial charge in [-0.05, 0) is 29.8 Å². The average Bonchev–Trinajstić information content (AvgIpc) is 2.61. The lowest BCUT2D eigenvalue weighted by molar-refractivity contribution is 0.520. The zero-order chi connectivity index (χ0) is 16.5. The second kappa shape index (κ2) is 9.28. The molecule has 0 aliphatic rings. The molecule has 2 rings (SSSR count). The van der Waals surface area contributed by atoms with Gasteiger partial charge in [0.1, 0.15) is 0 Å². The summed E-state index contributed by atoms with van der Waals surface area (Å²) in [5.74, 6) is 0. The molecule has 0 aromatic heterocycles. The maximum atomic E-state index is 6.52. The van der Waals surface area contributed by atoms with Crippen molar-refractivity contribution < 1.29 is 0 Å². The highest BCUT2D eigenvalue weighted by atomic mass is 32.1. The van der Waals surface area contributed by atoms with E-state index in [1.807, 2.05) is 36.4 Å². The van der Waals surface area contributed by atoms with Crippen molar-refractivity contribution in [2.75, 3.05) is 6.54 Å². The Bertz CT molecular complexity index is 586. The molecule has 0 spiro atoms. The number of thiocarbonyl (C=S) groups is 1. The zero-order valence-electron chi connectivity index (χ0n) is 13.5. The molecule has 0 aliphatic carbocycles. The summed E-state index contributed by atoms with van der Waals surface area (Å²) in [6.07, 6.45) is 2.24. The van der Waals surface area contributed by atoms with Crippen molar-refractivity contribution in [1.29, 1.82) is 0 Å². The molecule has 2 aromatic carbocycles. The van der Waals surface area contributed by atoms with E-state index >= 15 is 0 Å². The van der Waals surface area contributed by atoms with Crippen LogP contribution in [-0.2, 0) is 0 Å². The van der Waals surface area contributed by atoms with Gasteiger partial charge in [0.15, 0.2) is 5.11 Å². The van der Waals surface area contributed by atoms with Crippen molar-refractivity contribution in [3.05, 3.63) is 71.8 Å². The largest absolute Gasteiger partial charge is 0.363 e. The minimum absolute atomic E-state index is 0.0692. The first-order valence-electron chi connectivity index (χ1n) is 8.12. The van der Waals surface area contributed by atoms with Gasteiger partial charge in [0.25, 0.3) is 0 Å². The quantitative estimate of drug-likeness (QED) is 0.536. The first kappa shape index (κ1) is 17.4. The van der Waals surface area contributed by atoms with Crippen LogP contribution in [0.25, 0.3) is 0 Å². The van der Waals surface area contributed by atoms with Crippen LogP contribution in [0, 0.1) is 0 Å². The van der Waals surface area contributed by atoms with Crippen LogP contribution in [-0.4, -0.2) is 11.7 Å². The molecule has 0 saturated carbocycles. The molecule has 4 N–H and O–H groups in total. The molecular weight excluding hydrogens is 302 g/mol. The Morgan fingerprint density at radius 3 is 2.13 bits per heavy atom. The van der Waals surface area contributed by atoms with Crippen LogP contribution in [0.1, 0.15) is 43.0 Å². The monoisotopic (exact) mass is 327 g/mol. The highest BCUT2D eigenvalue weighted by Crippen LogP contribution is 2.26. The third-order valence-corrected chi connectivity index (χ3v) is 4.07. The summed E-state index contributed by atoms with van der Waals surface area (Å²) in [4.78, 5) is 0. The Labute approximate surface area is 144 Å². The highest BCUT2D eigenvalue weighted by Gasteiger charge is 2.21. The van der Waals surface area contributed by atoms with Crippen molar-refractivity contribution in [3.8, 4) is 0 Å². The summed E-state index contributed by atoms with van der Waals surface area (Å²) in [7, 11) is 0. The molecular formula is C19H25N3S. The molecule has 2 aromatic rings. The Hall–Kier alpha value is -1.91. The minimum atomic E-state index is -0.176. The first-order chi connectivity index (χ1) is 11.2. The Kier molecular flexibility index (Phi) is 7.04. The van der Waals surface area contributed by atoms with Crippen molar-refractivity contribution in [3.63, 3.8) is 0 Å². The fraction of sp³-hybridized carbons (Fsp3) is 0.316. The standard InChI is InChI=1S/C19H25N3S/c1-2-3-14-21-19(23)22-18(16-12-8-5-9-13-16)17(20)15-10-6-4-7-11-15/h4-13,17-18H,2-3,14,20H2,1H3,(H2,21,22,23)/t17-,18-/m1/s1. The summed E-state index contributed by atoms with van der Waals surface area (Å²) < 4.78 is 0. The number of nitrogens with two attached hydrogens (primary N) is 1. The van der Waals surface area contributed by atoms with Crippen molar-refractivity contribution in [2.45, 2.75) is 31.8 Å². The molecule has 0 radical (unpaired) electrons. The van der Waals surface area contributed by atoms with Crippen LogP contribution >= 0.6 is 12.2 Å². The molecule has 3 nitrogen and oxygen atoms in total. The predicted octanol–water partition coefficient (Wildman–Crippen LogP) is 3.69. The molecule has 0 aliphatic heterocycles. The van der Waals surface area contributed by atoms with E-state index in [2.05, 4.69) is 41.8 Å². The number of rotatable bonds is 7. The molecule has 0 fully saturated rings. The van der Waals surface area contributed by atoms with E-state index < -0.39 is 0 Å². The lowest BCUT2D eigenvalue weighted by Crippen LogP contribution is -2.42. The van der Waals surface area contributed by atoms with Gasteiger partial charge in [0, 0.05) is 6.54 Å². The number of hydrogen-bond acceptors (Lipinski definition) is 2. The molecule has 2 atom stereocenters. The van der Waals surface area contributed by atoms with Gasteiger partial charge in [0.2, 0.25) is 0 Å². The number of unbranched alkanes of at least 4 members (excludes halogenated alkanes) is 1. The fourth-order valence-electron chi connectivity index (χ4n) is 2.48. The fourth-order valence-corrected chi connectivity index (χ4v) is 2.71. The zero-order valence-corrected chi connectivity index (χ0v) is 14.4. The van der Waals surface area contributed by atoms with Crippen LogP contribution < -0.4 is 16.4 Å². The third kappa shape index (κ3) is 5.34. The van der Waals surface area contributed by atoms with Crippen LogP contribution in [0.3, 0.4) is 0 Å². The minimum Gasteiger partial charge on any atom is -0.363 e. The molecule has 0 heterocycles. The van der Waals surface area contributed by atoms with Crippen LogP contribution in [0.5, 0.6) is 0 Å². The van der Waals surface area contributed by atoms with E-state index in [0.29, 0.717) is 5.11 Å². The molecule has 4 heteroatoms. The number of hydrogen-bond donors (Lipinski definition) is 3. The summed E-state index contributed by atoms with van der Waals surface area (Å²) >= 11 is 5.44. The van der Waals surface area contributed by atoms with E-state index in [1.54, 1.807) is 0 Å². The van der Waals surface area contributed by atoms with E-state index in [-0.39, 0.29) is 12.1 Å².